The summed E-state index contributed by atoms with van der Waals surface area (Å²) in [5.41, 5.74) is 1.18. The van der Waals surface area contributed by atoms with Crippen molar-refractivity contribution in [2.24, 2.45) is 0 Å². The lowest BCUT2D eigenvalue weighted by molar-refractivity contribution is -0.137. The number of carbonyl (C=O) groups excluding carboxylic acids is 3. The molecule has 10 heteroatoms. The maximum Gasteiger partial charge on any atom is 0.247 e. The summed E-state index contributed by atoms with van der Waals surface area (Å²) in [4.78, 5) is 40.1. The average Bonchev–Trinajstić information content (AvgIpc) is 3.34. The van der Waals surface area contributed by atoms with E-state index in [1.165, 1.54) is 13.2 Å². The second kappa shape index (κ2) is 15.0. The van der Waals surface area contributed by atoms with Gasteiger partial charge in [-0.2, -0.15) is 0 Å². The van der Waals surface area contributed by atoms with Crippen molar-refractivity contribution in [3.8, 4) is 11.5 Å². The van der Waals surface area contributed by atoms with Gasteiger partial charge in [-0.1, -0.05) is 6.08 Å². The fourth-order valence-electron chi connectivity index (χ4n) is 5.26. The number of hydrogen-bond donors (Lipinski definition) is 3. The number of nitrogens with one attached hydrogen (secondary N) is 1. The number of aliphatic hydroxyl groups excluding tert-OH is 2. The fraction of sp³-hybridized carbons (Fsp3) is 0.567. The summed E-state index contributed by atoms with van der Waals surface area (Å²) in [5.74, 6) is -0.638. The van der Waals surface area contributed by atoms with Gasteiger partial charge in [-0.25, -0.2) is 0 Å². The Morgan fingerprint density at radius 3 is 2.67 bits per heavy atom. The molecule has 0 radical (unpaired) electrons. The maximum absolute atomic E-state index is 13.5. The second-order valence-corrected chi connectivity index (χ2v) is 10.3. The van der Waals surface area contributed by atoms with Crippen molar-refractivity contribution in [3.63, 3.8) is 0 Å². The molecular weight excluding hydrogens is 516 g/mol. The van der Waals surface area contributed by atoms with Crippen molar-refractivity contribution >= 4 is 18.1 Å². The van der Waals surface area contributed by atoms with Gasteiger partial charge in [0.2, 0.25) is 11.8 Å². The molecule has 2 aliphatic rings. The van der Waals surface area contributed by atoms with E-state index in [0.717, 1.165) is 12.8 Å². The highest BCUT2D eigenvalue weighted by atomic mass is 16.5. The molecule has 3 rings (SSSR count). The van der Waals surface area contributed by atoms with Crippen LogP contribution in [0.3, 0.4) is 0 Å². The number of methoxy groups -OCH3 is 1. The number of nitrogens with zero attached hydrogens (tertiary/aromatic N) is 1. The summed E-state index contributed by atoms with van der Waals surface area (Å²) in [6.45, 7) is 8.15. The third kappa shape index (κ3) is 7.30. The summed E-state index contributed by atoms with van der Waals surface area (Å²) in [7, 11) is 1.45. The van der Waals surface area contributed by atoms with Crippen molar-refractivity contribution in [1.82, 2.24) is 10.2 Å². The Balaban J connectivity index is 2.01. The minimum atomic E-state index is -1.17. The lowest BCUT2D eigenvalue weighted by Crippen LogP contribution is -2.56. The number of fused-ring (bicyclic) bond motifs is 3. The fourth-order valence-corrected chi connectivity index (χ4v) is 5.26. The number of allylic oxidation sites excluding steroid dienone is 1. The van der Waals surface area contributed by atoms with Crippen LogP contribution in [-0.2, 0) is 14.3 Å². The van der Waals surface area contributed by atoms with Crippen LogP contribution >= 0.6 is 0 Å². The molecule has 1 heterocycles. The van der Waals surface area contributed by atoms with Crippen LogP contribution in [0.1, 0.15) is 67.8 Å². The summed E-state index contributed by atoms with van der Waals surface area (Å²) in [5, 5.41) is 23.7. The van der Waals surface area contributed by atoms with Gasteiger partial charge in [-0.05, 0) is 57.7 Å². The van der Waals surface area contributed by atoms with Crippen molar-refractivity contribution in [1.29, 1.82) is 0 Å². The van der Waals surface area contributed by atoms with Crippen molar-refractivity contribution in [2.75, 3.05) is 33.4 Å². The zero-order valence-corrected chi connectivity index (χ0v) is 23.6. The minimum Gasteiger partial charge on any atom is -0.493 e. The highest BCUT2D eigenvalue weighted by Gasteiger charge is 2.51. The minimum absolute atomic E-state index is 0.0324. The third-order valence-electron chi connectivity index (χ3n) is 7.13. The van der Waals surface area contributed by atoms with E-state index in [2.05, 4.69) is 11.9 Å². The molecule has 0 unspecified atom stereocenters. The molecule has 2 amide bonds. The molecule has 10 nitrogen and oxygen atoms in total. The first-order chi connectivity index (χ1) is 19.3. The van der Waals surface area contributed by atoms with Gasteiger partial charge in [0, 0.05) is 42.8 Å². The standard InChI is InChI=1S/C30H42N2O8/c1-5-6-7-8-10-25(35)32(12-9-14-39-19(2)3)23-17-22(30(37)31-11-13-33)26-21-15-20(18-34)16-24(38-4)28(21)40-29(26)27(23)36/h5,15-19,23,26-27,29,33,36H,1,6-14H2,2-4H3,(H,31,37)/t23-,26+,27+,29+/m1/s1. The molecule has 1 aliphatic heterocycles. The quantitative estimate of drug-likeness (QED) is 0.160. The summed E-state index contributed by atoms with van der Waals surface area (Å²) < 4.78 is 17.4. The van der Waals surface area contributed by atoms with E-state index in [1.54, 1.807) is 17.0 Å². The first kappa shape index (κ1) is 31.3. The van der Waals surface area contributed by atoms with Gasteiger partial charge in [0.1, 0.15) is 18.5 Å². The van der Waals surface area contributed by atoms with Crippen LogP contribution in [0, 0.1) is 0 Å². The number of ether oxygens (including phenoxy) is 3. The van der Waals surface area contributed by atoms with Crippen LogP contribution in [-0.4, -0.2) is 91.0 Å². The van der Waals surface area contributed by atoms with E-state index < -0.39 is 30.1 Å². The van der Waals surface area contributed by atoms with Gasteiger partial charge in [-0.15, -0.1) is 6.58 Å². The van der Waals surface area contributed by atoms with E-state index in [9.17, 15) is 24.6 Å². The van der Waals surface area contributed by atoms with Crippen molar-refractivity contribution in [3.05, 3.63) is 47.6 Å². The zero-order chi connectivity index (χ0) is 29.2. The van der Waals surface area contributed by atoms with Gasteiger partial charge in [0.15, 0.2) is 11.5 Å². The normalized spacial score (nSPS) is 21.1. The lowest BCUT2D eigenvalue weighted by Gasteiger charge is -2.41. The number of aliphatic hydroxyl groups is 2. The number of amides is 2. The molecule has 0 aromatic heterocycles. The van der Waals surface area contributed by atoms with E-state index in [-0.39, 0.29) is 31.6 Å². The smallest absolute Gasteiger partial charge is 0.247 e. The summed E-state index contributed by atoms with van der Waals surface area (Å²) >= 11 is 0. The van der Waals surface area contributed by atoms with Gasteiger partial charge < -0.3 is 34.6 Å². The zero-order valence-electron chi connectivity index (χ0n) is 23.6. The van der Waals surface area contributed by atoms with Crippen LogP contribution in [0.4, 0.5) is 0 Å². The second-order valence-electron chi connectivity index (χ2n) is 10.3. The molecule has 1 aromatic rings. The number of unbranched alkanes of at least 4 members (excludes halogenated alkanes) is 2. The first-order valence-electron chi connectivity index (χ1n) is 13.9. The van der Waals surface area contributed by atoms with E-state index in [4.69, 9.17) is 14.2 Å². The SMILES string of the molecule is C=CCCCCC(=O)N(CCCOC(C)C)[C@@H]1C=C(C(=O)NCCO)[C@@H]2c3cc(C=O)cc(OC)c3O[C@@H]2[C@H]1O. The monoisotopic (exact) mass is 558 g/mol. The number of benzene rings is 1. The molecule has 220 valence electrons. The highest BCUT2D eigenvalue weighted by molar-refractivity contribution is 5.96. The molecule has 3 N–H and O–H groups in total. The molecule has 4 atom stereocenters. The predicted molar refractivity (Wildman–Crippen MR) is 150 cm³/mol. The Morgan fingerprint density at radius 1 is 1.25 bits per heavy atom. The largest absolute Gasteiger partial charge is 0.493 e. The van der Waals surface area contributed by atoms with Crippen LogP contribution in [0.25, 0.3) is 0 Å². The van der Waals surface area contributed by atoms with Gasteiger partial charge in [0.05, 0.1) is 31.8 Å². The molecule has 1 aliphatic carbocycles. The van der Waals surface area contributed by atoms with Crippen LogP contribution < -0.4 is 14.8 Å². The Morgan fingerprint density at radius 2 is 2.02 bits per heavy atom. The first-order valence-corrected chi connectivity index (χ1v) is 13.9. The van der Waals surface area contributed by atoms with Crippen LogP contribution in [0.15, 0.2) is 36.4 Å². The van der Waals surface area contributed by atoms with E-state index in [0.29, 0.717) is 60.5 Å². The van der Waals surface area contributed by atoms with Gasteiger partial charge in [0.25, 0.3) is 0 Å². The maximum atomic E-state index is 13.5. The lowest BCUT2D eigenvalue weighted by atomic mass is 9.77. The van der Waals surface area contributed by atoms with Crippen LogP contribution in [0.2, 0.25) is 0 Å². The summed E-state index contributed by atoms with van der Waals surface area (Å²) in [6, 6.07) is 2.32. The molecule has 0 saturated carbocycles. The summed E-state index contributed by atoms with van der Waals surface area (Å²) in [6.07, 6.45) is 5.22. The predicted octanol–water partition coefficient (Wildman–Crippen LogP) is 2.52. The molecular formula is C30H42N2O8. The number of hydrogen-bond acceptors (Lipinski definition) is 8. The molecule has 0 fully saturated rings. The molecule has 40 heavy (non-hydrogen) atoms. The van der Waals surface area contributed by atoms with E-state index in [1.807, 2.05) is 19.9 Å². The number of carbonyl (C=O) groups is 3. The Bertz CT molecular complexity index is 1090. The average molecular weight is 559 g/mol. The van der Waals surface area contributed by atoms with Crippen molar-refractivity contribution < 1.29 is 38.8 Å². The van der Waals surface area contributed by atoms with Crippen molar-refractivity contribution in [2.45, 2.75) is 76.2 Å². The van der Waals surface area contributed by atoms with Crippen LogP contribution in [0.5, 0.6) is 11.5 Å². The third-order valence-corrected chi connectivity index (χ3v) is 7.13. The van der Waals surface area contributed by atoms with Gasteiger partial charge in [-0.3, -0.25) is 14.4 Å². The number of rotatable bonds is 16. The molecule has 1 aromatic carbocycles. The Kier molecular flexibility index (Phi) is 11.7. The highest BCUT2D eigenvalue weighted by Crippen LogP contribution is 2.51. The molecule has 0 saturated heterocycles. The Labute approximate surface area is 236 Å². The Hall–Kier alpha value is -3.21. The topological polar surface area (TPSA) is 135 Å². The molecule has 0 spiro atoms. The van der Waals surface area contributed by atoms with E-state index >= 15 is 0 Å². The van der Waals surface area contributed by atoms with Gasteiger partial charge >= 0.3 is 0 Å². The molecule has 0 bridgehead atoms. The number of aldehydes is 1.